The Labute approximate surface area is 124 Å². The number of anilines is 1. The van der Waals surface area contributed by atoms with Crippen molar-refractivity contribution in [1.29, 1.82) is 0 Å². The highest BCUT2D eigenvalue weighted by molar-refractivity contribution is 9.10. The molecule has 0 saturated heterocycles. The van der Waals surface area contributed by atoms with Crippen LogP contribution in [0.3, 0.4) is 0 Å². The van der Waals surface area contributed by atoms with Gasteiger partial charge in [0.15, 0.2) is 0 Å². The normalized spacial score (nSPS) is 13.6. The molecule has 0 atom stereocenters. The van der Waals surface area contributed by atoms with Gasteiger partial charge in [-0.05, 0) is 30.3 Å². The molecule has 102 valence electrons. The van der Waals surface area contributed by atoms with Crippen LogP contribution in [0.1, 0.15) is 10.4 Å². The highest BCUT2D eigenvalue weighted by atomic mass is 79.9. The zero-order chi connectivity index (χ0) is 14.1. The third-order valence-electron chi connectivity index (χ3n) is 3.13. The van der Waals surface area contributed by atoms with Gasteiger partial charge in [-0.2, -0.15) is 0 Å². The van der Waals surface area contributed by atoms with Gasteiger partial charge in [-0.25, -0.2) is 4.39 Å². The van der Waals surface area contributed by atoms with E-state index < -0.39 is 5.82 Å². The molecule has 2 aromatic rings. The van der Waals surface area contributed by atoms with Crippen molar-refractivity contribution in [3.63, 3.8) is 0 Å². The Balaban J connectivity index is 2.03. The predicted octanol–water partition coefficient (Wildman–Crippen LogP) is 3.63. The Hall–Kier alpha value is -1.88. The highest BCUT2D eigenvalue weighted by Crippen LogP contribution is 2.35. The van der Waals surface area contributed by atoms with Crippen LogP contribution >= 0.6 is 15.9 Å². The van der Waals surface area contributed by atoms with Gasteiger partial charge in [0.25, 0.3) is 5.91 Å². The van der Waals surface area contributed by atoms with E-state index in [2.05, 4.69) is 15.9 Å². The standard InChI is InChI=1S/C15H11BrFNO2/c16-10-5-6-14-13(9-10)18(7-8-20-14)15(19)11-3-1-2-4-12(11)17/h1-6,9H,7-8H2. The van der Waals surface area contributed by atoms with E-state index in [1.165, 1.54) is 12.1 Å². The van der Waals surface area contributed by atoms with Gasteiger partial charge < -0.3 is 9.64 Å². The zero-order valence-corrected chi connectivity index (χ0v) is 12.1. The third-order valence-corrected chi connectivity index (χ3v) is 3.63. The van der Waals surface area contributed by atoms with Gasteiger partial charge in [-0.1, -0.05) is 28.1 Å². The summed E-state index contributed by atoms with van der Waals surface area (Å²) in [6.07, 6.45) is 0. The Kier molecular flexibility index (Phi) is 3.44. The molecule has 0 bridgehead atoms. The van der Waals surface area contributed by atoms with Crippen molar-refractivity contribution < 1.29 is 13.9 Å². The molecule has 3 nitrogen and oxygen atoms in total. The zero-order valence-electron chi connectivity index (χ0n) is 10.5. The number of ether oxygens (including phenoxy) is 1. The van der Waals surface area contributed by atoms with E-state index in [0.29, 0.717) is 24.6 Å². The minimum atomic E-state index is -0.513. The predicted molar refractivity (Wildman–Crippen MR) is 77.7 cm³/mol. The second kappa shape index (κ2) is 5.25. The number of carbonyl (C=O) groups is 1. The molecule has 1 aliphatic heterocycles. The minimum absolute atomic E-state index is 0.0697. The maximum absolute atomic E-state index is 13.8. The summed E-state index contributed by atoms with van der Waals surface area (Å²) in [6, 6.07) is 11.4. The van der Waals surface area contributed by atoms with Gasteiger partial charge in [0.05, 0.1) is 17.8 Å². The first-order chi connectivity index (χ1) is 9.66. The largest absolute Gasteiger partial charge is 0.490 e. The fourth-order valence-electron chi connectivity index (χ4n) is 2.18. The molecule has 0 saturated carbocycles. The van der Waals surface area contributed by atoms with E-state index in [1.807, 2.05) is 6.07 Å². The molecule has 0 unspecified atom stereocenters. The molecular formula is C15H11BrFNO2. The summed E-state index contributed by atoms with van der Waals surface area (Å²) >= 11 is 3.37. The van der Waals surface area contributed by atoms with Crippen molar-refractivity contribution in [3.8, 4) is 5.75 Å². The van der Waals surface area contributed by atoms with Gasteiger partial charge in [-0.3, -0.25) is 4.79 Å². The van der Waals surface area contributed by atoms with Crippen LogP contribution in [0, 0.1) is 5.82 Å². The van der Waals surface area contributed by atoms with Crippen molar-refractivity contribution in [2.45, 2.75) is 0 Å². The van der Waals surface area contributed by atoms with Gasteiger partial charge in [0, 0.05) is 4.47 Å². The fourth-order valence-corrected chi connectivity index (χ4v) is 2.53. The second-order valence-electron chi connectivity index (χ2n) is 4.40. The number of halogens is 2. The van der Waals surface area contributed by atoms with Gasteiger partial charge >= 0.3 is 0 Å². The topological polar surface area (TPSA) is 29.5 Å². The van der Waals surface area contributed by atoms with Crippen molar-refractivity contribution in [1.82, 2.24) is 0 Å². The smallest absolute Gasteiger partial charge is 0.261 e. The number of benzene rings is 2. The molecule has 1 amide bonds. The molecule has 5 heteroatoms. The highest BCUT2D eigenvalue weighted by Gasteiger charge is 2.26. The fraction of sp³-hybridized carbons (Fsp3) is 0.133. The average Bonchev–Trinajstić information content (AvgIpc) is 2.46. The van der Waals surface area contributed by atoms with Gasteiger partial charge in [-0.15, -0.1) is 0 Å². The van der Waals surface area contributed by atoms with Crippen LogP contribution in [0.15, 0.2) is 46.9 Å². The Morgan fingerprint density at radius 2 is 2.05 bits per heavy atom. The van der Waals surface area contributed by atoms with Crippen molar-refractivity contribution >= 4 is 27.5 Å². The van der Waals surface area contributed by atoms with Gasteiger partial charge in [0.2, 0.25) is 0 Å². The number of hydrogen-bond acceptors (Lipinski definition) is 2. The van der Waals surface area contributed by atoms with E-state index in [-0.39, 0.29) is 11.5 Å². The van der Waals surface area contributed by atoms with Crippen molar-refractivity contribution in [3.05, 3.63) is 58.3 Å². The number of fused-ring (bicyclic) bond motifs is 1. The summed E-state index contributed by atoms with van der Waals surface area (Å²) in [5, 5.41) is 0. The molecule has 0 N–H and O–H groups in total. The van der Waals surface area contributed by atoms with E-state index in [1.54, 1.807) is 29.2 Å². The van der Waals surface area contributed by atoms with E-state index in [9.17, 15) is 9.18 Å². The lowest BCUT2D eigenvalue weighted by Gasteiger charge is -2.29. The minimum Gasteiger partial charge on any atom is -0.490 e. The number of rotatable bonds is 1. The molecule has 1 aliphatic rings. The maximum Gasteiger partial charge on any atom is 0.261 e. The van der Waals surface area contributed by atoms with Crippen LogP contribution in [-0.4, -0.2) is 19.1 Å². The molecule has 0 aliphatic carbocycles. The Morgan fingerprint density at radius 3 is 2.85 bits per heavy atom. The van der Waals surface area contributed by atoms with Crippen LogP contribution in [0.4, 0.5) is 10.1 Å². The molecule has 0 fully saturated rings. The van der Waals surface area contributed by atoms with Crippen LogP contribution < -0.4 is 9.64 Å². The molecule has 0 aromatic heterocycles. The number of nitrogens with zero attached hydrogens (tertiary/aromatic N) is 1. The molecular weight excluding hydrogens is 325 g/mol. The number of amides is 1. The molecule has 2 aromatic carbocycles. The van der Waals surface area contributed by atoms with E-state index in [4.69, 9.17) is 4.74 Å². The average molecular weight is 336 g/mol. The Bertz CT molecular complexity index is 675. The van der Waals surface area contributed by atoms with E-state index >= 15 is 0 Å². The third kappa shape index (κ3) is 2.29. The van der Waals surface area contributed by atoms with E-state index in [0.717, 1.165) is 4.47 Å². The lowest BCUT2D eigenvalue weighted by molar-refractivity contribution is 0.0972. The summed E-state index contributed by atoms with van der Waals surface area (Å²) in [5.41, 5.74) is 0.721. The van der Waals surface area contributed by atoms with Crippen molar-refractivity contribution in [2.24, 2.45) is 0 Å². The van der Waals surface area contributed by atoms with Gasteiger partial charge in [0.1, 0.15) is 18.2 Å². The molecule has 1 heterocycles. The summed E-state index contributed by atoms with van der Waals surface area (Å²) in [6.45, 7) is 0.797. The summed E-state index contributed by atoms with van der Waals surface area (Å²) in [7, 11) is 0. The molecule has 3 rings (SSSR count). The summed E-state index contributed by atoms with van der Waals surface area (Å²) in [5.74, 6) is -0.240. The summed E-state index contributed by atoms with van der Waals surface area (Å²) < 4.78 is 20.1. The van der Waals surface area contributed by atoms with Crippen molar-refractivity contribution in [2.75, 3.05) is 18.1 Å². The maximum atomic E-state index is 13.8. The lowest BCUT2D eigenvalue weighted by atomic mass is 10.1. The lowest BCUT2D eigenvalue weighted by Crippen LogP contribution is -2.38. The molecule has 0 radical (unpaired) electrons. The van der Waals surface area contributed by atoms with Crippen LogP contribution in [0.5, 0.6) is 5.75 Å². The first-order valence-corrected chi connectivity index (χ1v) is 6.95. The van der Waals surface area contributed by atoms with Crippen LogP contribution in [-0.2, 0) is 0 Å². The van der Waals surface area contributed by atoms with Crippen LogP contribution in [0.25, 0.3) is 0 Å². The van der Waals surface area contributed by atoms with Crippen LogP contribution in [0.2, 0.25) is 0 Å². The number of carbonyl (C=O) groups excluding carboxylic acids is 1. The first kappa shape index (κ1) is 13.1. The SMILES string of the molecule is O=C(c1ccccc1F)N1CCOc2ccc(Br)cc21. The summed E-state index contributed by atoms with van der Waals surface area (Å²) in [4.78, 5) is 14.1. The molecule has 0 spiro atoms. The quantitative estimate of drug-likeness (QED) is 0.796. The number of hydrogen-bond donors (Lipinski definition) is 0. The molecule has 20 heavy (non-hydrogen) atoms. The second-order valence-corrected chi connectivity index (χ2v) is 5.31. The Morgan fingerprint density at radius 1 is 1.25 bits per heavy atom. The monoisotopic (exact) mass is 335 g/mol. The first-order valence-electron chi connectivity index (χ1n) is 6.15.